The molecule has 1 N–H and O–H groups in total. The molecule has 2 aliphatic rings. The van der Waals surface area contributed by atoms with Crippen molar-refractivity contribution in [3.63, 3.8) is 0 Å². The number of carbonyl (C=O) groups excluding carboxylic acids is 1. The summed E-state index contributed by atoms with van der Waals surface area (Å²) in [5, 5.41) is 4.53. The van der Waals surface area contributed by atoms with Crippen molar-refractivity contribution < 1.29 is 26.4 Å². The van der Waals surface area contributed by atoms with E-state index in [4.69, 9.17) is 27.9 Å². The van der Waals surface area contributed by atoms with Gasteiger partial charge in [0.15, 0.2) is 0 Å². The van der Waals surface area contributed by atoms with Gasteiger partial charge in [-0.25, -0.2) is 13.4 Å². The van der Waals surface area contributed by atoms with E-state index in [-0.39, 0.29) is 38.5 Å². The summed E-state index contributed by atoms with van der Waals surface area (Å²) in [6.45, 7) is 2.18. The highest BCUT2D eigenvalue weighted by Gasteiger charge is 2.39. The van der Waals surface area contributed by atoms with Gasteiger partial charge >= 0.3 is 0 Å². The van der Waals surface area contributed by atoms with E-state index in [0.717, 1.165) is 15.8 Å². The topological polar surface area (TPSA) is 116 Å². The van der Waals surface area contributed by atoms with Crippen LogP contribution in [0.25, 0.3) is 0 Å². The number of benzene rings is 2. The molecule has 1 amide bonds. The summed E-state index contributed by atoms with van der Waals surface area (Å²) in [4.78, 5) is 13.5. The molecule has 2 aromatic carbocycles. The quantitative estimate of drug-likeness (QED) is 0.383. The minimum atomic E-state index is -4.05. The molecule has 3 heterocycles. The van der Waals surface area contributed by atoms with Gasteiger partial charge in [0.05, 0.1) is 33.7 Å². The standard InChI is InChI=1S/C23H22Cl2N4O6S3/c24-16-1-6-20(29(27-9-10-27)38(33,34)22-8-7-21(25)36-22)19(15-16)23(30)26-17-2-4-18(5-3-17)37(31,32)28-11-13-35-14-12-28/h1-8,15H,9-14H2,(H,26,30). The number of rotatable bonds is 8. The lowest BCUT2D eigenvalue weighted by molar-refractivity contribution is 0.0730. The van der Waals surface area contributed by atoms with Crippen LogP contribution >= 0.6 is 34.5 Å². The second-order valence-corrected chi connectivity index (χ2v) is 14.5. The molecule has 0 unspecified atom stereocenters. The molecule has 0 aliphatic carbocycles. The van der Waals surface area contributed by atoms with Crippen molar-refractivity contribution in [3.8, 4) is 0 Å². The maximum atomic E-state index is 13.5. The van der Waals surface area contributed by atoms with Gasteiger partial charge in [-0.3, -0.25) is 4.79 Å². The fraction of sp³-hybridized carbons (Fsp3) is 0.261. The Morgan fingerprint density at radius 3 is 2.21 bits per heavy atom. The highest BCUT2D eigenvalue weighted by Crippen LogP contribution is 2.36. The summed E-state index contributed by atoms with van der Waals surface area (Å²) in [6, 6.07) is 13.0. The van der Waals surface area contributed by atoms with Crippen LogP contribution in [0.5, 0.6) is 0 Å². The summed E-state index contributed by atoms with van der Waals surface area (Å²) in [5.41, 5.74) is 0.481. The Bertz CT molecular complexity index is 1570. The number of ether oxygens (including phenoxy) is 1. The number of hydrogen-bond acceptors (Lipinski definition) is 8. The molecule has 202 valence electrons. The van der Waals surface area contributed by atoms with Crippen molar-refractivity contribution >= 4 is 71.9 Å². The second kappa shape index (κ2) is 10.7. The molecule has 1 aromatic heterocycles. The monoisotopic (exact) mass is 616 g/mol. The van der Waals surface area contributed by atoms with Gasteiger partial charge in [-0.15, -0.1) is 11.3 Å². The van der Waals surface area contributed by atoms with Crippen LogP contribution in [0.1, 0.15) is 10.4 Å². The molecule has 5 rings (SSSR count). The molecule has 2 aliphatic heterocycles. The van der Waals surface area contributed by atoms with E-state index in [2.05, 4.69) is 5.32 Å². The average molecular weight is 618 g/mol. The summed E-state index contributed by atoms with van der Waals surface area (Å²) in [7, 11) is -7.75. The Hall–Kier alpha value is -2.23. The number of amides is 1. The first-order valence-corrected chi connectivity index (χ1v) is 15.9. The molecule has 38 heavy (non-hydrogen) atoms. The minimum Gasteiger partial charge on any atom is -0.379 e. The largest absolute Gasteiger partial charge is 0.379 e. The van der Waals surface area contributed by atoms with Crippen LogP contribution in [0.4, 0.5) is 11.4 Å². The molecular weight excluding hydrogens is 595 g/mol. The number of hydrazine groups is 1. The number of nitrogens with zero attached hydrogens (tertiary/aromatic N) is 3. The summed E-state index contributed by atoms with van der Waals surface area (Å²) in [6.07, 6.45) is 0. The Morgan fingerprint density at radius 1 is 0.921 bits per heavy atom. The van der Waals surface area contributed by atoms with E-state index >= 15 is 0 Å². The second-order valence-electron chi connectivity index (χ2n) is 8.42. The molecule has 0 atom stereocenters. The van der Waals surface area contributed by atoms with E-state index < -0.39 is 26.0 Å². The maximum absolute atomic E-state index is 13.5. The summed E-state index contributed by atoms with van der Waals surface area (Å²) < 4.78 is 60.8. The van der Waals surface area contributed by atoms with Gasteiger partial charge in [0.25, 0.3) is 15.9 Å². The number of morpholine rings is 1. The molecule has 2 fully saturated rings. The number of anilines is 2. The number of thiophene rings is 1. The van der Waals surface area contributed by atoms with Crippen LogP contribution in [0, 0.1) is 0 Å². The molecule has 0 radical (unpaired) electrons. The normalized spacial score (nSPS) is 16.8. The Balaban J connectivity index is 1.42. The maximum Gasteiger partial charge on any atom is 0.287 e. The van der Waals surface area contributed by atoms with Gasteiger partial charge in [0, 0.05) is 36.9 Å². The summed E-state index contributed by atoms with van der Waals surface area (Å²) >= 11 is 13.1. The van der Waals surface area contributed by atoms with Crippen LogP contribution in [-0.4, -0.2) is 71.4 Å². The third-order valence-corrected chi connectivity index (χ3v) is 11.4. The van der Waals surface area contributed by atoms with E-state index in [0.29, 0.717) is 36.3 Å². The minimum absolute atomic E-state index is 0.0284. The predicted octanol–water partition coefficient (Wildman–Crippen LogP) is 3.75. The number of carbonyl (C=O) groups is 1. The molecular formula is C23H22Cl2N4O6S3. The van der Waals surface area contributed by atoms with Gasteiger partial charge in [0.2, 0.25) is 10.0 Å². The van der Waals surface area contributed by atoms with Gasteiger partial charge in [-0.2, -0.15) is 17.1 Å². The SMILES string of the molecule is O=C(Nc1ccc(S(=O)(=O)N2CCOCC2)cc1)c1cc(Cl)ccc1N(N1CC1)S(=O)(=O)c1ccc(Cl)s1. The van der Waals surface area contributed by atoms with Crippen molar-refractivity contribution in [2.45, 2.75) is 9.10 Å². The molecule has 0 saturated carbocycles. The zero-order valence-electron chi connectivity index (χ0n) is 19.7. The van der Waals surface area contributed by atoms with E-state index in [1.54, 1.807) is 5.01 Å². The number of halogens is 2. The number of nitrogens with one attached hydrogen (secondary N) is 1. The smallest absolute Gasteiger partial charge is 0.287 e. The van der Waals surface area contributed by atoms with Crippen LogP contribution in [0.15, 0.2) is 63.7 Å². The van der Waals surface area contributed by atoms with Gasteiger partial charge in [0.1, 0.15) is 4.21 Å². The third-order valence-electron chi connectivity index (χ3n) is 5.84. The van der Waals surface area contributed by atoms with Crippen LogP contribution in [0.3, 0.4) is 0 Å². The lowest BCUT2D eigenvalue weighted by atomic mass is 10.1. The molecule has 2 saturated heterocycles. The average Bonchev–Trinajstić information content (AvgIpc) is 3.63. The third kappa shape index (κ3) is 5.56. The van der Waals surface area contributed by atoms with Crippen molar-refractivity contribution in [3.05, 3.63) is 69.5 Å². The van der Waals surface area contributed by atoms with Crippen molar-refractivity contribution in [2.75, 3.05) is 49.1 Å². The molecule has 15 heteroatoms. The van der Waals surface area contributed by atoms with Crippen molar-refractivity contribution in [1.29, 1.82) is 0 Å². The van der Waals surface area contributed by atoms with Gasteiger partial charge in [-0.1, -0.05) is 23.2 Å². The predicted molar refractivity (Wildman–Crippen MR) is 146 cm³/mol. The highest BCUT2D eigenvalue weighted by molar-refractivity contribution is 7.94. The molecule has 0 bridgehead atoms. The van der Waals surface area contributed by atoms with Crippen molar-refractivity contribution in [2.24, 2.45) is 0 Å². The van der Waals surface area contributed by atoms with Gasteiger partial charge in [-0.05, 0) is 54.6 Å². The van der Waals surface area contributed by atoms with E-state index in [9.17, 15) is 21.6 Å². The highest BCUT2D eigenvalue weighted by atomic mass is 35.5. The Labute approximate surface area is 234 Å². The lowest BCUT2D eigenvalue weighted by Gasteiger charge is -2.26. The van der Waals surface area contributed by atoms with E-state index in [1.807, 2.05) is 0 Å². The number of sulfonamides is 2. The Kier molecular flexibility index (Phi) is 7.73. The fourth-order valence-corrected chi connectivity index (χ4v) is 8.58. The molecule has 0 spiro atoms. The van der Waals surface area contributed by atoms with E-state index in [1.165, 1.54) is 58.9 Å². The van der Waals surface area contributed by atoms with Crippen molar-refractivity contribution in [1.82, 2.24) is 9.31 Å². The number of hydrogen-bond donors (Lipinski definition) is 1. The van der Waals surface area contributed by atoms with Crippen LogP contribution in [0.2, 0.25) is 9.36 Å². The first kappa shape index (κ1) is 27.3. The first-order chi connectivity index (χ1) is 18.1. The zero-order chi connectivity index (χ0) is 27.1. The van der Waals surface area contributed by atoms with Gasteiger partial charge < -0.3 is 10.1 Å². The summed E-state index contributed by atoms with van der Waals surface area (Å²) in [5.74, 6) is -0.613. The van der Waals surface area contributed by atoms with Crippen LogP contribution in [-0.2, 0) is 24.8 Å². The first-order valence-electron chi connectivity index (χ1n) is 11.4. The zero-order valence-corrected chi connectivity index (χ0v) is 23.7. The Morgan fingerprint density at radius 2 is 1.61 bits per heavy atom. The van der Waals surface area contributed by atoms with Crippen LogP contribution < -0.4 is 9.73 Å². The molecule has 10 nitrogen and oxygen atoms in total. The molecule has 3 aromatic rings. The fourth-order valence-electron chi connectivity index (χ4n) is 3.88. The lowest BCUT2D eigenvalue weighted by Crippen LogP contribution is -2.40.